The zero-order valence-electron chi connectivity index (χ0n) is 15.3. The van der Waals surface area contributed by atoms with Crippen LogP contribution in [0.5, 0.6) is 0 Å². The Morgan fingerprint density at radius 2 is 1.92 bits per heavy atom. The fourth-order valence-electron chi connectivity index (χ4n) is 2.00. The van der Waals surface area contributed by atoms with Gasteiger partial charge in [-0.15, -0.1) is 0 Å². The smallest absolute Gasteiger partial charge is 0.405 e. The van der Waals surface area contributed by atoms with Gasteiger partial charge in [-0.25, -0.2) is 4.79 Å². The van der Waals surface area contributed by atoms with E-state index < -0.39 is 17.7 Å². The van der Waals surface area contributed by atoms with Gasteiger partial charge in [0.25, 0.3) is 0 Å². The molecule has 7 heteroatoms. The Morgan fingerprint density at radius 3 is 2.40 bits per heavy atom. The van der Waals surface area contributed by atoms with Gasteiger partial charge in [-0.1, -0.05) is 51.1 Å². The second kappa shape index (κ2) is 12.4. The van der Waals surface area contributed by atoms with E-state index in [1.165, 1.54) is 0 Å². The van der Waals surface area contributed by atoms with Crippen molar-refractivity contribution in [2.45, 2.75) is 39.0 Å². The normalized spacial score (nSPS) is 21.4. The van der Waals surface area contributed by atoms with Crippen molar-refractivity contribution >= 4 is 12.4 Å². The van der Waals surface area contributed by atoms with Crippen LogP contribution in [-0.2, 0) is 20.9 Å². The van der Waals surface area contributed by atoms with Crippen molar-refractivity contribution in [3.8, 4) is 0 Å². The van der Waals surface area contributed by atoms with Crippen LogP contribution < -0.4 is 5.32 Å². The number of aliphatic hydroxyl groups is 1. The first-order valence-corrected chi connectivity index (χ1v) is 8.05. The molecule has 1 fully saturated rings. The molecule has 1 amide bonds. The first kappa shape index (κ1) is 23.0. The molecular weight excluding hydrogens is 326 g/mol. The molecule has 1 aromatic carbocycles. The van der Waals surface area contributed by atoms with E-state index >= 15 is 0 Å². The molecule has 0 aliphatic carbocycles. The highest BCUT2D eigenvalue weighted by Crippen LogP contribution is 2.21. The van der Waals surface area contributed by atoms with E-state index in [2.05, 4.69) is 26.1 Å². The van der Waals surface area contributed by atoms with Gasteiger partial charge in [-0.2, -0.15) is 0 Å². The van der Waals surface area contributed by atoms with Crippen LogP contribution in [0.15, 0.2) is 30.3 Å². The second-order valence-electron chi connectivity index (χ2n) is 6.12. The molecule has 1 heterocycles. The summed E-state index contributed by atoms with van der Waals surface area (Å²) in [5.41, 5.74) is -0.370. The maximum atomic E-state index is 11.2. The number of amides is 1. The number of benzene rings is 1. The van der Waals surface area contributed by atoms with E-state index in [1.54, 1.807) is 0 Å². The predicted octanol–water partition coefficient (Wildman–Crippen LogP) is 2.08. The highest BCUT2D eigenvalue weighted by atomic mass is 16.6. The van der Waals surface area contributed by atoms with Gasteiger partial charge >= 0.3 is 6.09 Å². The molecule has 1 saturated heterocycles. The van der Waals surface area contributed by atoms with Crippen molar-refractivity contribution in [1.29, 1.82) is 0 Å². The van der Waals surface area contributed by atoms with Crippen molar-refractivity contribution < 1.29 is 29.3 Å². The Labute approximate surface area is 149 Å². The maximum absolute atomic E-state index is 11.2. The van der Waals surface area contributed by atoms with Gasteiger partial charge in [0.1, 0.15) is 6.10 Å². The third-order valence-electron chi connectivity index (χ3n) is 3.03. The van der Waals surface area contributed by atoms with Crippen LogP contribution in [0.3, 0.4) is 0 Å². The Hall–Kier alpha value is -1.96. The summed E-state index contributed by atoms with van der Waals surface area (Å²) in [5, 5.41) is 18.0. The van der Waals surface area contributed by atoms with Crippen LogP contribution in [0.4, 0.5) is 4.79 Å². The summed E-state index contributed by atoms with van der Waals surface area (Å²) < 4.78 is 10.8. The van der Waals surface area contributed by atoms with Crippen molar-refractivity contribution in [1.82, 2.24) is 5.32 Å². The number of aldehydes is 1. The van der Waals surface area contributed by atoms with Crippen molar-refractivity contribution in [3.63, 3.8) is 0 Å². The van der Waals surface area contributed by atoms with Gasteiger partial charge in [-0.05, 0) is 11.5 Å². The molecule has 3 N–H and O–H groups in total. The molecule has 0 spiro atoms. The molecule has 2 rings (SSSR count). The molecule has 7 nitrogen and oxygen atoms in total. The van der Waals surface area contributed by atoms with Crippen LogP contribution in [0.25, 0.3) is 0 Å². The minimum Gasteiger partial charge on any atom is -0.465 e. The van der Waals surface area contributed by atoms with Crippen LogP contribution >= 0.6 is 0 Å². The molecule has 142 valence electrons. The monoisotopic (exact) mass is 355 g/mol. The second-order valence-corrected chi connectivity index (χ2v) is 6.12. The molecule has 2 atom stereocenters. The van der Waals surface area contributed by atoms with E-state index in [1.807, 2.05) is 30.3 Å². The minimum atomic E-state index is -1.32. The highest BCUT2D eigenvalue weighted by Gasteiger charge is 2.46. The van der Waals surface area contributed by atoms with Crippen molar-refractivity contribution in [2.24, 2.45) is 5.92 Å². The van der Waals surface area contributed by atoms with Gasteiger partial charge in [0.05, 0.1) is 19.8 Å². The lowest BCUT2D eigenvalue weighted by molar-refractivity contribution is -0.117. The van der Waals surface area contributed by atoms with Crippen LogP contribution in [-0.4, -0.2) is 54.6 Å². The summed E-state index contributed by atoms with van der Waals surface area (Å²) in [5.74, 6) is 0.833. The summed E-state index contributed by atoms with van der Waals surface area (Å²) in [6, 6.07) is 9.44. The lowest BCUT2D eigenvalue weighted by Gasteiger charge is -2.27. The maximum Gasteiger partial charge on any atom is 0.405 e. The third kappa shape index (κ3) is 8.62. The van der Waals surface area contributed by atoms with Gasteiger partial charge in [-0.3, -0.25) is 0 Å². The van der Waals surface area contributed by atoms with E-state index in [0.717, 1.165) is 18.6 Å². The zero-order chi connectivity index (χ0) is 19.3. The number of rotatable bonds is 5. The molecule has 1 aromatic rings. The molecule has 0 bridgehead atoms. The van der Waals surface area contributed by atoms with Crippen LogP contribution in [0, 0.1) is 5.92 Å². The zero-order valence-corrected chi connectivity index (χ0v) is 15.3. The topological polar surface area (TPSA) is 105 Å². The lowest BCUT2D eigenvalue weighted by Crippen LogP contribution is -2.58. The predicted molar refractivity (Wildman–Crippen MR) is 94.4 cm³/mol. The molecule has 0 saturated carbocycles. The fourth-order valence-corrected chi connectivity index (χ4v) is 2.00. The Kier molecular flexibility index (Phi) is 11.4. The average Bonchev–Trinajstić information content (AvgIpc) is 2.97. The first-order chi connectivity index (χ1) is 11.9. The molecule has 1 aliphatic heterocycles. The van der Waals surface area contributed by atoms with E-state index in [-0.39, 0.29) is 13.2 Å². The van der Waals surface area contributed by atoms with Crippen molar-refractivity contribution in [3.05, 3.63) is 35.9 Å². The van der Waals surface area contributed by atoms with Gasteiger partial charge < -0.3 is 29.8 Å². The van der Waals surface area contributed by atoms with E-state index in [9.17, 15) is 9.59 Å². The Balaban J connectivity index is 0.000000845. The number of carbonyl (C=O) groups excluding carboxylic acids is 1. The van der Waals surface area contributed by atoms with E-state index in [4.69, 9.17) is 19.7 Å². The van der Waals surface area contributed by atoms with Gasteiger partial charge in [0.15, 0.2) is 11.8 Å². The summed E-state index contributed by atoms with van der Waals surface area (Å²) in [6.07, 6.45) is -1.35. The quantitative estimate of drug-likeness (QED) is 0.699. The molecule has 25 heavy (non-hydrogen) atoms. The van der Waals surface area contributed by atoms with Crippen LogP contribution in [0.1, 0.15) is 26.3 Å². The van der Waals surface area contributed by atoms with Gasteiger partial charge in [0, 0.05) is 7.11 Å². The average molecular weight is 355 g/mol. The number of ether oxygens (including phenoxy) is 2. The molecule has 0 aromatic heterocycles. The fraction of sp³-hybridized carbons (Fsp3) is 0.556. The lowest BCUT2D eigenvalue weighted by atomic mass is 9.98. The number of carbonyl (C=O) groups is 2. The number of carboxylic acid groups (broad SMARTS) is 1. The number of nitrogens with one attached hydrogen (secondary N) is 1. The first-order valence-electron chi connectivity index (χ1n) is 8.05. The molecule has 1 aliphatic rings. The largest absolute Gasteiger partial charge is 0.465 e. The van der Waals surface area contributed by atoms with Gasteiger partial charge in [0.2, 0.25) is 0 Å². The highest BCUT2D eigenvalue weighted by molar-refractivity contribution is 5.76. The summed E-state index contributed by atoms with van der Waals surface area (Å²) in [4.78, 5) is 22.0. The van der Waals surface area contributed by atoms with E-state index in [0.29, 0.717) is 12.9 Å². The molecule has 0 radical (unpaired) electrons. The Morgan fingerprint density at radius 1 is 1.36 bits per heavy atom. The third-order valence-corrected chi connectivity index (χ3v) is 3.03. The SMILES string of the molecule is CC(C)C.CO.O=CC1(NC(=O)O)COCC1OCc1ccccc1. The van der Waals surface area contributed by atoms with Crippen LogP contribution in [0.2, 0.25) is 0 Å². The number of hydrogen-bond acceptors (Lipinski definition) is 5. The summed E-state index contributed by atoms with van der Waals surface area (Å²) in [6.45, 7) is 6.97. The summed E-state index contributed by atoms with van der Waals surface area (Å²) >= 11 is 0. The Bertz CT molecular complexity index is 491. The number of hydrogen-bond donors (Lipinski definition) is 3. The number of aliphatic hydroxyl groups excluding tert-OH is 1. The molecular formula is C18H29NO6. The minimum absolute atomic E-state index is 0.0117. The standard InChI is InChI=1S/C13H15NO5.C4H10.CH4O/c15-8-13(14-12(16)17)9-18-7-11(13)19-6-10-4-2-1-3-5-10;1-4(2)3;1-2/h1-5,8,11,14H,6-7,9H2,(H,16,17);4H,1-3H3;2H,1H3. The summed E-state index contributed by atoms with van der Waals surface area (Å²) in [7, 11) is 1.00. The van der Waals surface area contributed by atoms with Crippen molar-refractivity contribution in [2.75, 3.05) is 20.3 Å². The molecule has 2 unspecified atom stereocenters.